The molecule has 0 radical (unpaired) electrons. The second-order valence-corrected chi connectivity index (χ2v) is 3.49. The van der Waals surface area contributed by atoms with Gasteiger partial charge >= 0.3 is 0 Å². The Labute approximate surface area is 85.6 Å². The van der Waals surface area contributed by atoms with Crippen LogP contribution < -0.4 is 0 Å². The van der Waals surface area contributed by atoms with Crippen molar-refractivity contribution in [1.82, 2.24) is 4.98 Å². The molecule has 0 aliphatic heterocycles. The third kappa shape index (κ3) is 2.11. The topological polar surface area (TPSA) is 36.7 Å². The highest BCUT2D eigenvalue weighted by Gasteiger charge is 2.09. The van der Waals surface area contributed by atoms with Crippen LogP contribution in [0, 0.1) is 18.3 Å². The molecule has 0 saturated heterocycles. The summed E-state index contributed by atoms with van der Waals surface area (Å²) in [5.41, 5.74) is 2.64. The number of aryl methyl sites for hydroxylation is 1. The normalized spacial score (nSPS) is 10.2. The highest BCUT2D eigenvalue weighted by Crippen LogP contribution is 2.21. The highest BCUT2D eigenvalue weighted by atomic mass is 14.7. The van der Waals surface area contributed by atoms with Crippen molar-refractivity contribution >= 4 is 0 Å². The molecule has 2 heteroatoms. The van der Waals surface area contributed by atoms with E-state index in [0.29, 0.717) is 11.5 Å². The minimum absolute atomic E-state index is 0.529. The van der Waals surface area contributed by atoms with E-state index in [4.69, 9.17) is 5.26 Å². The van der Waals surface area contributed by atoms with E-state index in [2.05, 4.69) is 24.9 Å². The Morgan fingerprint density at radius 3 is 2.43 bits per heavy atom. The molecule has 0 amide bonds. The Hall–Kier alpha value is -1.36. The molecule has 1 aromatic heterocycles. The average molecular weight is 188 g/mol. The van der Waals surface area contributed by atoms with Crippen molar-refractivity contribution in [2.24, 2.45) is 0 Å². The van der Waals surface area contributed by atoms with Crippen molar-refractivity contribution in [3.8, 4) is 6.07 Å². The van der Waals surface area contributed by atoms with Crippen LogP contribution in [0.2, 0.25) is 0 Å². The van der Waals surface area contributed by atoms with Crippen molar-refractivity contribution in [2.45, 2.75) is 39.5 Å². The smallest absolute Gasteiger partial charge is 0.101 e. The van der Waals surface area contributed by atoms with Crippen LogP contribution in [-0.2, 0) is 0 Å². The molecule has 1 aromatic rings. The van der Waals surface area contributed by atoms with E-state index in [9.17, 15) is 0 Å². The van der Waals surface area contributed by atoms with Crippen LogP contribution in [0.15, 0.2) is 12.1 Å². The predicted molar refractivity (Wildman–Crippen MR) is 57.0 cm³/mol. The number of rotatable bonds is 3. The molecule has 2 nitrogen and oxygen atoms in total. The zero-order valence-corrected chi connectivity index (χ0v) is 9.04. The highest BCUT2D eigenvalue weighted by molar-refractivity contribution is 5.34. The van der Waals surface area contributed by atoms with Gasteiger partial charge in [0, 0.05) is 11.6 Å². The van der Waals surface area contributed by atoms with Crippen LogP contribution >= 0.6 is 0 Å². The lowest BCUT2D eigenvalue weighted by Crippen LogP contribution is -2.01. The van der Waals surface area contributed by atoms with E-state index >= 15 is 0 Å². The molecule has 0 aliphatic carbocycles. The van der Waals surface area contributed by atoms with Crippen molar-refractivity contribution in [1.29, 1.82) is 5.26 Å². The Kier molecular flexibility index (Phi) is 3.64. The van der Waals surface area contributed by atoms with Gasteiger partial charge in [-0.3, -0.25) is 4.98 Å². The van der Waals surface area contributed by atoms with Gasteiger partial charge in [-0.25, -0.2) is 0 Å². The van der Waals surface area contributed by atoms with Gasteiger partial charge in [-0.15, -0.1) is 0 Å². The van der Waals surface area contributed by atoms with Crippen LogP contribution in [0.25, 0.3) is 0 Å². The lowest BCUT2D eigenvalue weighted by Gasteiger charge is -2.12. The molecule has 0 atom stereocenters. The maximum atomic E-state index is 8.77. The largest absolute Gasteiger partial charge is 0.257 e. The molecule has 0 N–H and O–H groups in total. The lowest BCUT2D eigenvalue weighted by atomic mass is 9.98. The minimum atomic E-state index is 0.529. The van der Waals surface area contributed by atoms with Gasteiger partial charge in [0.25, 0.3) is 0 Å². The number of hydrogen-bond acceptors (Lipinski definition) is 2. The number of pyridine rings is 1. The average Bonchev–Trinajstić information content (AvgIpc) is 2.20. The molecule has 0 saturated carbocycles. The van der Waals surface area contributed by atoms with Crippen molar-refractivity contribution in [3.63, 3.8) is 0 Å². The molecular weight excluding hydrogens is 172 g/mol. The molecule has 1 rings (SSSR count). The molecule has 0 aliphatic rings. The molecule has 0 spiro atoms. The molecule has 0 fully saturated rings. The number of nitrogens with zero attached hydrogens (tertiary/aromatic N) is 2. The van der Waals surface area contributed by atoms with E-state index < -0.39 is 0 Å². The molecule has 0 bridgehead atoms. The van der Waals surface area contributed by atoms with Crippen LogP contribution in [-0.4, -0.2) is 4.98 Å². The quantitative estimate of drug-likeness (QED) is 0.730. The second kappa shape index (κ2) is 4.76. The van der Waals surface area contributed by atoms with Crippen molar-refractivity contribution in [3.05, 3.63) is 29.1 Å². The Bertz CT molecular complexity index is 346. The van der Waals surface area contributed by atoms with Crippen LogP contribution in [0.4, 0.5) is 0 Å². The van der Waals surface area contributed by atoms with Gasteiger partial charge in [-0.05, 0) is 31.9 Å². The maximum Gasteiger partial charge on any atom is 0.101 e. The van der Waals surface area contributed by atoms with Crippen molar-refractivity contribution in [2.75, 3.05) is 0 Å². The number of hydrogen-bond donors (Lipinski definition) is 0. The molecule has 1 heterocycles. The fourth-order valence-corrected chi connectivity index (χ4v) is 1.63. The van der Waals surface area contributed by atoms with Gasteiger partial charge < -0.3 is 0 Å². The first-order chi connectivity index (χ1) is 6.72. The van der Waals surface area contributed by atoms with E-state index in [1.54, 1.807) is 0 Å². The molecule has 74 valence electrons. The van der Waals surface area contributed by atoms with E-state index in [1.807, 2.05) is 19.1 Å². The standard InChI is InChI=1S/C12H16N2/c1-4-10(5-2)12-7-6-11(8-13)9(3)14-12/h6-7,10H,4-5H2,1-3H3. The minimum Gasteiger partial charge on any atom is -0.257 e. The number of aromatic nitrogens is 1. The summed E-state index contributed by atoms with van der Waals surface area (Å²) in [4.78, 5) is 4.46. The summed E-state index contributed by atoms with van der Waals surface area (Å²) in [6, 6.07) is 5.98. The van der Waals surface area contributed by atoms with Crippen molar-refractivity contribution < 1.29 is 0 Å². The summed E-state index contributed by atoms with van der Waals surface area (Å²) >= 11 is 0. The second-order valence-electron chi connectivity index (χ2n) is 3.49. The van der Waals surface area contributed by atoms with Gasteiger partial charge in [0.05, 0.1) is 11.3 Å². The Morgan fingerprint density at radius 2 is 2.00 bits per heavy atom. The monoisotopic (exact) mass is 188 g/mol. The van der Waals surface area contributed by atoms with E-state index in [1.165, 1.54) is 0 Å². The molecule has 0 aromatic carbocycles. The van der Waals surface area contributed by atoms with Gasteiger partial charge in [0.15, 0.2) is 0 Å². The van der Waals surface area contributed by atoms with Gasteiger partial charge in [-0.2, -0.15) is 5.26 Å². The number of nitriles is 1. The van der Waals surface area contributed by atoms with Crippen LogP contribution in [0.1, 0.15) is 49.6 Å². The first-order valence-corrected chi connectivity index (χ1v) is 5.10. The third-order valence-electron chi connectivity index (χ3n) is 2.63. The van der Waals surface area contributed by atoms with E-state index in [0.717, 1.165) is 24.2 Å². The fourth-order valence-electron chi connectivity index (χ4n) is 1.63. The Balaban J connectivity index is 3.02. The van der Waals surface area contributed by atoms with Gasteiger partial charge in [-0.1, -0.05) is 13.8 Å². The third-order valence-corrected chi connectivity index (χ3v) is 2.63. The summed E-state index contributed by atoms with van der Waals surface area (Å²) in [6.07, 6.45) is 2.21. The van der Waals surface area contributed by atoms with E-state index in [-0.39, 0.29) is 0 Å². The zero-order chi connectivity index (χ0) is 10.6. The molecule has 0 unspecified atom stereocenters. The predicted octanol–water partition coefficient (Wildman–Crippen LogP) is 3.17. The van der Waals surface area contributed by atoms with Gasteiger partial charge in [0.2, 0.25) is 0 Å². The zero-order valence-electron chi connectivity index (χ0n) is 9.04. The summed E-state index contributed by atoms with van der Waals surface area (Å²) in [5, 5.41) is 8.77. The first-order valence-electron chi connectivity index (χ1n) is 5.10. The summed E-state index contributed by atoms with van der Waals surface area (Å²) in [7, 11) is 0. The lowest BCUT2D eigenvalue weighted by molar-refractivity contribution is 0.621. The fraction of sp³-hybridized carbons (Fsp3) is 0.500. The van der Waals surface area contributed by atoms with Crippen LogP contribution in [0.5, 0.6) is 0 Å². The first kappa shape index (κ1) is 10.7. The summed E-state index contributed by atoms with van der Waals surface area (Å²) in [6.45, 7) is 6.23. The summed E-state index contributed by atoms with van der Waals surface area (Å²) in [5.74, 6) is 0.529. The van der Waals surface area contributed by atoms with Gasteiger partial charge in [0.1, 0.15) is 6.07 Å². The SMILES string of the molecule is CCC(CC)c1ccc(C#N)c(C)n1. The molecule has 14 heavy (non-hydrogen) atoms. The Morgan fingerprint density at radius 1 is 1.36 bits per heavy atom. The maximum absolute atomic E-state index is 8.77. The summed E-state index contributed by atoms with van der Waals surface area (Å²) < 4.78 is 0. The van der Waals surface area contributed by atoms with Crippen LogP contribution in [0.3, 0.4) is 0 Å². The molecular formula is C12H16N2.